The first-order valence-corrected chi connectivity index (χ1v) is 8.52. The average molecular weight is 312 g/mol. The molecule has 0 saturated heterocycles. The highest BCUT2D eigenvalue weighted by atomic mass is 32.1. The zero-order valence-corrected chi connectivity index (χ0v) is 13.3. The number of anilines is 1. The van der Waals surface area contributed by atoms with Gasteiger partial charge in [0.25, 0.3) is 0 Å². The summed E-state index contributed by atoms with van der Waals surface area (Å²) in [6.07, 6.45) is 7.78. The van der Waals surface area contributed by atoms with Crippen LogP contribution >= 0.6 is 11.3 Å². The second kappa shape index (κ2) is 7.70. The van der Waals surface area contributed by atoms with Crippen LogP contribution in [0.1, 0.15) is 56.9 Å². The Hall–Kier alpha value is -1.21. The molecular formula is C14H24N4O2S. The highest BCUT2D eigenvalue weighted by Crippen LogP contribution is 2.26. The molecule has 21 heavy (non-hydrogen) atoms. The molecule has 0 spiro atoms. The summed E-state index contributed by atoms with van der Waals surface area (Å²) in [7, 11) is 0. The zero-order chi connectivity index (χ0) is 15.1. The number of aromatic nitrogens is 2. The van der Waals surface area contributed by atoms with Gasteiger partial charge in [-0.3, -0.25) is 5.32 Å². The number of urea groups is 1. The third-order valence-corrected chi connectivity index (χ3v) is 4.66. The van der Waals surface area contributed by atoms with E-state index < -0.39 is 5.60 Å². The fourth-order valence-corrected chi connectivity index (χ4v) is 3.40. The van der Waals surface area contributed by atoms with Crippen molar-refractivity contribution >= 4 is 22.5 Å². The lowest BCUT2D eigenvalue weighted by molar-refractivity contribution is 0.0281. The predicted octanol–water partition coefficient (Wildman–Crippen LogP) is 2.70. The highest BCUT2D eigenvalue weighted by Gasteiger charge is 2.28. The lowest BCUT2D eigenvalue weighted by Crippen LogP contribution is -2.44. The van der Waals surface area contributed by atoms with E-state index in [9.17, 15) is 9.90 Å². The van der Waals surface area contributed by atoms with Crippen LogP contribution in [0.2, 0.25) is 0 Å². The molecule has 0 atom stereocenters. The SMILES string of the molecule is CCCc1nnc(NC(=O)NCC2(O)CCCCCC2)s1. The molecule has 2 amide bonds. The lowest BCUT2D eigenvalue weighted by atomic mass is 9.95. The minimum atomic E-state index is -0.762. The monoisotopic (exact) mass is 312 g/mol. The Labute approximate surface area is 129 Å². The van der Waals surface area contributed by atoms with Crippen LogP contribution in [0.5, 0.6) is 0 Å². The summed E-state index contributed by atoms with van der Waals surface area (Å²) in [5.41, 5.74) is -0.762. The number of hydrogen-bond donors (Lipinski definition) is 3. The first-order chi connectivity index (χ1) is 10.1. The standard InChI is InChI=1S/C14H24N4O2S/c1-2-7-11-17-18-13(21-11)16-12(19)15-10-14(20)8-5-3-4-6-9-14/h20H,2-10H2,1H3,(H2,15,16,18,19). The van der Waals surface area contributed by atoms with Crippen LogP contribution in [-0.4, -0.2) is 33.5 Å². The van der Waals surface area contributed by atoms with Crippen molar-refractivity contribution in [3.05, 3.63) is 5.01 Å². The third-order valence-electron chi connectivity index (χ3n) is 3.76. The van der Waals surface area contributed by atoms with Gasteiger partial charge < -0.3 is 10.4 Å². The molecule has 1 aromatic heterocycles. The van der Waals surface area contributed by atoms with Crippen LogP contribution in [0.25, 0.3) is 0 Å². The normalized spacial score (nSPS) is 18.0. The van der Waals surface area contributed by atoms with E-state index in [4.69, 9.17) is 0 Å². The Morgan fingerprint density at radius 3 is 2.67 bits per heavy atom. The zero-order valence-electron chi connectivity index (χ0n) is 12.5. The van der Waals surface area contributed by atoms with Gasteiger partial charge in [-0.25, -0.2) is 4.79 Å². The van der Waals surface area contributed by atoms with E-state index in [1.165, 1.54) is 24.2 Å². The van der Waals surface area contributed by atoms with Crippen LogP contribution in [0.3, 0.4) is 0 Å². The molecule has 1 heterocycles. The molecule has 1 fully saturated rings. The molecule has 0 bridgehead atoms. The number of hydrogen-bond acceptors (Lipinski definition) is 5. The highest BCUT2D eigenvalue weighted by molar-refractivity contribution is 7.15. The van der Waals surface area contributed by atoms with Crippen molar-refractivity contribution in [2.24, 2.45) is 0 Å². The topological polar surface area (TPSA) is 87.1 Å². The van der Waals surface area contributed by atoms with Gasteiger partial charge in [0.05, 0.1) is 5.60 Å². The maximum atomic E-state index is 11.9. The van der Waals surface area contributed by atoms with Gasteiger partial charge >= 0.3 is 6.03 Å². The molecule has 0 aromatic carbocycles. The van der Waals surface area contributed by atoms with Crippen LogP contribution in [0.15, 0.2) is 0 Å². The van der Waals surface area contributed by atoms with Gasteiger partial charge in [-0.2, -0.15) is 0 Å². The second-order valence-corrected chi connectivity index (χ2v) is 6.76. The number of aryl methyl sites for hydroxylation is 1. The van der Waals surface area contributed by atoms with Crippen LogP contribution in [-0.2, 0) is 6.42 Å². The third kappa shape index (κ3) is 5.24. The maximum absolute atomic E-state index is 11.9. The Morgan fingerprint density at radius 2 is 2.00 bits per heavy atom. The number of aliphatic hydroxyl groups is 1. The fraction of sp³-hybridized carbons (Fsp3) is 0.786. The molecule has 3 N–H and O–H groups in total. The molecule has 6 nitrogen and oxygen atoms in total. The molecule has 0 radical (unpaired) electrons. The van der Waals surface area contributed by atoms with Crippen LogP contribution < -0.4 is 10.6 Å². The lowest BCUT2D eigenvalue weighted by Gasteiger charge is -2.26. The van der Waals surface area contributed by atoms with Gasteiger partial charge in [-0.1, -0.05) is 43.9 Å². The van der Waals surface area contributed by atoms with E-state index in [-0.39, 0.29) is 6.03 Å². The fourth-order valence-electron chi connectivity index (χ4n) is 2.57. The largest absolute Gasteiger partial charge is 0.388 e. The molecule has 7 heteroatoms. The van der Waals surface area contributed by atoms with E-state index in [0.717, 1.165) is 43.5 Å². The van der Waals surface area contributed by atoms with Crippen LogP contribution in [0, 0.1) is 0 Å². The molecule has 0 unspecified atom stereocenters. The van der Waals surface area contributed by atoms with Crippen molar-refractivity contribution in [1.29, 1.82) is 0 Å². The number of carbonyl (C=O) groups excluding carboxylic acids is 1. The van der Waals surface area contributed by atoms with Gasteiger partial charge in [-0.15, -0.1) is 10.2 Å². The van der Waals surface area contributed by atoms with Gasteiger partial charge in [0.1, 0.15) is 5.01 Å². The number of amides is 2. The minimum absolute atomic E-state index is 0.291. The summed E-state index contributed by atoms with van der Waals surface area (Å²) in [5.74, 6) is 0. The van der Waals surface area contributed by atoms with Crippen molar-refractivity contribution in [3.63, 3.8) is 0 Å². The maximum Gasteiger partial charge on any atom is 0.321 e. The first-order valence-electron chi connectivity index (χ1n) is 7.71. The van der Waals surface area contributed by atoms with Crippen molar-refractivity contribution in [2.45, 2.75) is 63.9 Å². The summed E-state index contributed by atoms with van der Waals surface area (Å²) in [6.45, 7) is 2.37. The van der Waals surface area contributed by atoms with E-state index in [0.29, 0.717) is 11.7 Å². The van der Waals surface area contributed by atoms with Crippen molar-refractivity contribution in [2.75, 3.05) is 11.9 Å². The van der Waals surface area contributed by atoms with Crippen LogP contribution in [0.4, 0.5) is 9.93 Å². The van der Waals surface area contributed by atoms with Gasteiger partial charge in [0.15, 0.2) is 0 Å². The second-order valence-electron chi connectivity index (χ2n) is 5.70. The quantitative estimate of drug-likeness (QED) is 0.730. The van der Waals surface area contributed by atoms with Gasteiger partial charge in [-0.05, 0) is 19.3 Å². The molecule has 1 aromatic rings. The Bertz CT molecular complexity index is 456. The van der Waals surface area contributed by atoms with E-state index >= 15 is 0 Å². The molecule has 1 aliphatic rings. The number of rotatable bonds is 5. The van der Waals surface area contributed by atoms with E-state index in [1.54, 1.807) is 0 Å². The minimum Gasteiger partial charge on any atom is -0.388 e. The van der Waals surface area contributed by atoms with E-state index in [1.807, 2.05) is 0 Å². The Kier molecular flexibility index (Phi) is 5.93. The number of nitrogens with one attached hydrogen (secondary N) is 2. The number of carbonyl (C=O) groups is 1. The first kappa shape index (κ1) is 16.2. The van der Waals surface area contributed by atoms with E-state index in [2.05, 4.69) is 27.8 Å². The molecule has 2 rings (SSSR count). The summed E-state index contributed by atoms with van der Waals surface area (Å²) in [4.78, 5) is 11.9. The smallest absolute Gasteiger partial charge is 0.321 e. The molecule has 1 aliphatic carbocycles. The summed E-state index contributed by atoms with van der Waals surface area (Å²) in [6, 6.07) is -0.327. The Balaban J connectivity index is 1.78. The summed E-state index contributed by atoms with van der Waals surface area (Å²) in [5, 5.41) is 25.3. The molecule has 1 saturated carbocycles. The van der Waals surface area contributed by atoms with Crippen molar-refractivity contribution in [1.82, 2.24) is 15.5 Å². The van der Waals surface area contributed by atoms with Crippen molar-refractivity contribution < 1.29 is 9.90 Å². The summed E-state index contributed by atoms with van der Waals surface area (Å²) >= 11 is 1.39. The van der Waals surface area contributed by atoms with Gasteiger partial charge in [0.2, 0.25) is 5.13 Å². The summed E-state index contributed by atoms with van der Waals surface area (Å²) < 4.78 is 0. The molecule has 0 aliphatic heterocycles. The predicted molar refractivity (Wildman–Crippen MR) is 83.6 cm³/mol. The van der Waals surface area contributed by atoms with Gasteiger partial charge in [0, 0.05) is 13.0 Å². The van der Waals surface area contributed by atoms with Crippen molar-refractivity contribution in [3.8, 4) is 0 Å². The average Bonchev–Trinajstić information content (AvgIpc) is 2.76. The Morgan fingerprint density at radius 1 is 1.29 bits per heavy atom. The molecular weight excluding hydrogens is 288 g/mol. The molecule has 118 valence electrons. The number of nitrogens with zero attached hydrogens (tertiary/aromatic N) is 2.